The molecule has 0 radical (unpaired) electrons. The van der Waals surface area contributed by atoms with Crippen molar-refractivity contribution in [2.75, 3.05) is 7.05 Å². The van der Waals surface area contributed by atoms with Gasteiger partial charge in [0.15, 0.2) is 0 Å². The Morgan fingerprint density at radius 3 is 2.58 bits per heavy atom. The van der Waals surface area contributed by atoms with Crippen molar-refractivity contribution >= 4 is 11.6 Å². The quantitative estimate of drug-likeness (QED) is 0.796. The Morgan fingerprint density at radius 2 is 1.95 bits per heavy atom. The van der Waals surface area contributed by atoms with Crippen LogP contribution in [0.25, 0.3) is 0 Å². The topological polar surface area (TPSA) is 16.1 Å². The minimum atomic E-state index is -0.564. The molecule has 0 saturated carbocycles. The first-order valence-electron chi connectivity index (χ1n) is 5.77. The fourth-order valence-electron chi connectivity index (χ4n) is 1.81. The predicted molar refractivity (Wildman–Crippen MR) is 70.8 cm³/mol. The number of nitrogens with zero attached hydrogens (tertiary/aromatic N) is 2. The van der Waals surface area contributed by atoms with E-state index in [-0.39, 0.29) is 0 Å². The van der Waals surface area contributed by atoms with Gasteiger partial charge in [-0.25, -0.2) is 13.8 Å². The largest absolute Gasteiger partial charge is 0.298 e. The maximum atomic E-state index is 13.5. The van der Waals surface area contributed by atoms with E-state index >= 15 is 0 Å². The maximum absolute atomic E-state index is 13.5. The predicted octanol–water partition coefficient (Wildman–Crippen LogP) is 3.65. The van der Waals surface area contributed by atoms with Crippen molar-refractivity contribution in [3.63, 3.8) is 0 Å². The summed E-state index contributed by atoms with van der Waals surface area (Å²) in [5.41, 5.74) is 1.44. The van der Waals surface area contributed by atoms with Crippen molar-refractivity contribution in [2.24, 2.45) is 0 Å². The molecule has 0 aliphatic carbocycles. The van der Waals surface area contributed by atoms with Crippen LogP contribution in [0, 0.1) is 11.6 Å². The van der Waals surface area contributed by atoms with E-state index in [9.17, 15) is 8.78 Å². The molecule has 1 heterocycles. The molecule has 2 nitrogen and oxygen atoms in total. The standard InChI is InChI=1S/C14H13ClF2N2/c1-19(8-10-2-5-14(15)18-7-10)9-11-3-4-12(16)6-13(11)17/h2-7H,8-9H2,1H3. The molecule has 0 fully saturated rings. The molecule has 0 amide bonds. The smallest absolute Gasteiger partial charge is 0.130 e. The Morgan fingerprint density at radius 1 is 1.16 bits per heavy atom. The summed E-state index contributed by atoms with van der Waals surface area (Å²) in [4.78, 5) is 5.90. The van der Waals surface area contributed by atoms with Crippen LogP contribution in [0.1, 0.15) is 11.1 Å². The highest BCUT2D eigenvalue weighted by Crippen LogP contribution is 2.13. The average Bonchev–Trinajstić information content (AvgIpc) is 2.36. The summed E-state index contributed by atoms with van der Waals surface area (Å²) in [7, 11) is 1.86. The SMILES string of the molecule is CN(Cc1ccc(Cl)nc1)Cc1ccc(F)cc1F. The number of halogens is 3. The van der Waals surface area contributed by atoms with Gasteiger partial charge in [0.25, 0.3) is 0 Å². The molecule has 0 N–H and O–H groups in total. The second kappa shape index (κ2) is 6.08. The van der Waals surface area contributed by atoms with Crippen molar-refractivity contribution in [3.05, 3.63) is 64.4 Å². The molecule has 100 valence electrons. The lowest BCUT2D eigenvalue weighted by molar-refractivity contribution is 0.313. The third kappa shape index (κ3) is 3.98. The van der Waals surface area contributed by atoms with Gasteiger partial charge < -0.3 is 0 Å². The molecule has 0 bridgehead atoms. The summed E-state index contributed by atoms with van der Waals surface area (Å²) >= 11 is 5.70. The second-order valence-corrected chi connectivity index (χ2v) is 4.78. The number of rotatable bonds is 4. The molecule has 2 aromatic rings. The van der Waals surface area contributed by atoms with Gasteiger partial charge in [-0.1, -0.05) is 23.7 Å². The van der Waals surface area contributed by atoms with Gasteiger partial charge in [0.1, 0.15) is 16.8 Å². The van der Waals surface area contributed by atoms with Crippen LogP contribution >= 0.6 is 11.6 Å². The molecule has 1 aromatic carbocycles. The van der Waals surface area contributed by atoms with Crippen LogP contribution < -0.4 is 0 Å². The van der Waals surface area contributed by atoms with Gasteiger partial charge in [-0.05, 0) is 24.7 Å². The molecule has 5 heteroatoms. The molecule has 0 aliphatic rings. The van der Waals surface area contributed by atoms with Crippen molar-refractivity contribution in [3.8, 4) is 0 Å². The third-order valence-corrected chi connectivity index (χ3v) is 2.92. The maximum Gasteiger partial charge on any atom is 0.130 e. The monoisotopic (exact) mass is 282 g/mol. The molecular weight excluding hydrogens is 270 g/mol. The first kappa shape index (κ1) is 13.9. The summed E-state index contributed by atoms with van der Waals surface area (Å²) in [6.45, 7) is 1.01. The first-order chi connectivity index (χ1) is 9.04. The molecule has 0 aliphatic heterocycles. The highest BCUT2D eigenvalue weighted by Gasteiger charge is 2.07. The van der Waals surface area contributed by atoms with Crippen LogP contribution in [0.15, 0.2) is 36.5 Å². The average molecular weight is 283 g/mol. The van der Waals surface area contributed by atoms with Gasteiger partial charge >= 0.3 is 0 Å². The van der Waals surface area contributed by atoms with Crippen LogP contribution in [-0.4, -0.2) is 16.9 Å². The Kier molecular flexibility index (Phi) is 4.45. The van der Waals surface area contributed by atoms with Crippen molar-refractivity contribution in [1.82, 2.24) is 9.88 Å². The summed E-state index contributed by atoms with van der Waals surface area (Å²) in [5, 5.41) is 0.441. The summed E-state index contributed by atoms with van der Waals surface area (Å²) in [5.74, 6) is -1.09. The van der Waals surface area contributed by atoms with Crippen molar-refractivity contribution in [1.29, 1.82) is 0 Å². The zero-order valence-corrected chi connectivity index (χ0v) is 11.2. The van der Waals surface area contributed by atoms with Gasteiger partial charge in [-0.15, -0.1) is 0 Å². The minimum Gasteiger partial charge on any atom is -0.298 e. The van der Waals surface area contributed by atoms with Gasteiger partial charge in [0.05, 0.1) is 0 Å². The van der Waals surface area contributed by atoms with E-state index in [0.717, 1.165) is 11.6 Å². The molecular formula is C14H13ClF2N2. The normalized spacial score (nSPS) is 11.0. The number of benzene rings is 1. The summed E-state index contributed by atoms with van der Waals surface area (Å²) < 4.78 is 26.3. The van der Waals surface area contributed by atoms with Crippen LogP contribution in [0.4, 0.5) is 8.78 Å². The number of hydrogen-bond donors (Lipinski definition) is 0. The zero-order chi connectivity index (χ0) is 13.8. The Hall–Kier alpha value is -1.52. The molecule has 0 spiro atoms. The van der Waals surface area contributed by atoms with Gasteiger partial charge in [-0.3, -0.25) is 4.90 Å². The third-order valence-electron chi connectivity index (χ3n) is 2.70. The molecule has 0 saturated heterocycles. The fourth-order valence-corrected chi connectivity index (χ4v) is 1.92. The van der Waals surface area contributed by atoms with E-state index in [4.69, 9.17) is 11.6 Å². The Bertz CT molecular complexity index is 558. The van der Waals surface area contributed by atoms with E-state index in [2.05, 4.69) is 4.98 Å². The second-order valence-electron chi connectivity index (χ2n) is 4.40. The van der Waals surface area contributed by atoms with Crippen LogP contribution in [0.3, 0.4) is 0 Å². The van der Waals surface area contributed by atoms with E-state index in [1.165, 1.54) is 12.1 Å². The molecule has 0 atom stereocenters. The van der Waals surface area contributed by atoms with Crippen LogP contribution in [-0.2, 0) is 13.1 Å². The summed E-state index contributed by atoms with van der Waals surface area (Å²) in [6.07, 6.45) is 1.68. The number of pyridine rings is 1. The lowest BCUT2D eigenvalue weighted by Crippen LogP contribution is -2.18. The fraction of sp³-hybridized carbons (Fsp3) is 0.214. The lowest BCUT2D eigenvalue weighted by Gasteiger charge is -2.17. The Labute approximate surface area is 115 Å². The molecule has 1 aromatic heterocycles. The zero-order valence-electron chi connectivity index (χ0n) is 10.4. The molecule has 19 heavy (non-hydrogen) atoms. The van der Waals surface area contributed by atoms with E-state index in [1.807, 2.05) is 18.0 Å². The lowest BCUT2D eigenvalue weighted by atomic mass is 10.2. The van der Waals surface area contributed by atoms with Crippen LogP contribution in [0.5, 0.6) is 0 Å². The van der Waals surface area contributed by atoms with E-state index in [0.29, 0.717) is 23.8 Å². The highest BCUT2D eigenvalue weighted by atomic mass is 35.5. The number of aromatic nitrogens is 1. The summed E-state index contributed by atoms with van der Waals surface area (Å²) in [6, 6.07) is 7.19. The molecule has 0 unspecified atom stereocenters. The van der Waals surface area contributed by atoms with Crippen molar-refractivity contribution < 1.29 is 8.78 Å². The minimum absolute atomic E-state index is 0.398. The van der Waals surface area contributed by atoms with E-state index < -0.39 is 11.6 Å². The van der Waals surface area contributed by atoms with Crippen molar-refractivity contribution in [2.45, 2.75) is 13.1 Å². The van der Waals surface area contributed by atoms with Gasteiger partial charge in [0, 0.05) is 30.9 Å². The number of hydrogen-bond acceptors (Lipinski definition) is 2. The van der Waals surface area contributed by atoms with E-state index in [1.54, 1.807) is 12.3 Å². The Balaban J connectivity index is 2.01. The van der Waals surface area contributed by atoms with Crippen LogP contribution in [0.2, 0.25) is 5.15 Å². The first-order valence-corrected chi connectivity index (χ1v) is 6.15. The molecule has 2 rings (SSSR count). The van der Waals surface area contributed by atoms with Gasteiger partial charge in [-0.2, -0.15) is 0 Å². The highest BCUT2D eigenvalue weighted by molar-refractivity contribution is 6.29. The van der Waals surface area contributed by atoms with Gasteiger partial charge in [0.2, 0.25) is 0 Å².